The largest absolute Gasteiger partial charge is 0.450 e. The second-order valence-corrected chi connectivity index (χ2v) is 6.06. The van der Waals surface area contributed by atoms with Crippen LogP contribution in [0.3, 0.4) is 0 Å². The maximum atomic E-state index is 14.0. The SMILES string of the molecule is Fc1ccccc1Oc1ccccc1Oc1ccccc1Oc1ccccc1F. The summed E-state index contributed by atoms with van der Waals surface area (Å²) in [7, 11) is 0. The van der Waals surface area contributed by atoms with Gasteiger partial charge in [0, 0.05) is 0 Å². The van der Waals surface area contributed by atoms with Gasteiger partial charge in [-0.3, -0.25) is 0 Å². The van der Waals surface area contributed by atoms with Gasteiger partial charge >= 0.3 is 0 Å². The molecule has 0 aromatic heterocycles. The summed E-state index contributed by atoms with van der Waals surface area (Å²) in [5.41, 5.74) is 0. The van der Waals surface area contributed by atoms with E-state index in [1.54, 1.807) is 72.8 Å². The third-order valence-corrected chi connectivity index (χ3v) is 4.03. The number of para-hydroxylation sites is 6. The van der Waals surface area contributed by atoms with Gasteiger partial charge in [0.2, 0.25) is 0 Å². The van der Waals surface area contributed by atoms with Crippen LogP contribution >= 0.6 is 0 Å². The zero-order chi connectivity index (χ0) is 20.1. The molecule has 0 bridgehead atoms. The highest BCUT2D eigenvalue weighted by atomic mass is 19.1. The number of rotatable bonds is 6. The normalized spacial score (nSPS) is 10.4. The van der Waals surface area contributed by atoms with Crippen LogP contribution in [-0.2, 0) is 0 Å². The molecular formula is C24H16F2O3. The molecule has 0 spiro atoms. The summed E-state index contributed by atoms with van der Waals surface area (Å²) < 4.78 is 45.3. The zero-order valence-corrected chi connectivity index (χ0v) is 15.2. The first kappa shape index (κ1) is 18.5. The molecule has 0 N–H and O–H groups in total. The molecule has 0 fully saturated rings. The van der Waals surface area contributed by atoms with Crippen LogP contribution in [0.2, 0.25) is 0 Å². The Kier molecular flexibility index (Phi) is 5.38. The minimum Gasteiger partial charge on any atom is -0.450 e. The van der Waals surface area contributed by atoms with Gasteiger partial charge in [-0.1, -0.05) is 48.5 Å². The molecule has 0 aliphatic rings. The molecule has 4 aromatic carbocycles. The Morgan fingerprint density at radius 2 is 0.586 bits per heavy atom. The van der Waals surface area contributed by atoms with Gasteiger partial charge in [0.05, 0.1) is 0 Å². The molecule has 0 unspecified atom stereocenters. The van der Waals surface area contributed by atoms with Gasteiger partial charge in [0.15, 0.2) is 46.1 Å². The summed E-state index contributed by atoms with van der Waals surface area (Å²) in [5.74, 6) is 0.590. The predicted octanol–water partition coefficient (Wildman–Crippen LogP) is 7.34. The number of hydrogen-bond acceptors (Lipinski definition) is 3. The van der Waals surface area contributed by atoms with Crippen LogP contribution in [0.25, 0.3) is 0 Å². The van der Waals surface area contributed by atoms with E-state index >= 15 is 0 Å². The van der Waals surface area contributed by atoms with E-state index in [2.05, 4.69) is 0 Å². The van der Waals surface area contributed by atoms with Crippen LogP contribution in [0, 0.1) is 11.6 Å². The molecule has 0 amide bonds. The molecule has 0 aliphatic carbocycles. The first-order valence-corrected chi connectivity index (χ1v) is 8.91. The molecule has 144 valence electrons. The van der Waals surface area contributed by atoms with Crippen molar-refractivity contribution in [1.29, 1.82) is 0 Å². The van der Waals surface area contributed by atoms with Crippen LogP contribution in [0.5, 0.6) is 34.5 Å². The smallest absolute Gasteiger partial charge is 0.170 e. The van der Waals surface area contributed by atoms with Crippen molar-refractivity contribution in [3.63, 3.8) is 0 Å². The molecule has 4 rings (SSSR count). The Balaban J connectivity index is 1.62. The first-order valence-electron chi connectivity index (χ1n) is 8.91. The quantitative estimate of drug-likeness (QED) is 0.345. The number of benzene rings is 4. The molecule has 0 saturated carbocycles. The van der Waals surface area contributed by atoms with Gasteiger partial charge < -0.3 is 14.2 Å². The Bertz CT molecular complexity index is 1040. The van der Waals surface area contributed by atoms with Crippen molar-refractivity contribution in [3.05, 3.63) is 109 Å². The van der Waals surface area contributed by atoms with Crippen LogP contribution in [0.1, 0.15) is 0 Å². The van der Waals surface area contributed by atoms with E-state index in [1.807, 2.05) is 0 Å². The summed E-state index contributed by atoms with van der Waals surface area (Å²) >= 11 is 0. The summed E-state index contributed by atoms with van der Waals surface area (Å²) in [6.07, 6.45) is 0. The fraction of sp³-hybridized carbons (Fsp3) is 0. The van der Waals surface area contributed by atoms with E-state index in [9.17, 15) is 8.78 Å². The average molecular weight is 390 g/mol. The lowest BCUT2D eigenvalue weighted by Gasteiger charge is -2.15. The Labute approximate surface area is 166 Å². The molecule has 0 radical (unpaired) electrons. The van der Waals surface area contributed by atoms with E-state index in [0.717, 1.165) is 0 Å². The van der Waals surface area contributed by atoms with Gasteiger partial charge in [0.25, 0.3) is 0 Å². The highest BCUT2D eigenvalue weighted by Crippen LogP contribution is 2.40. The summed E-state index contributed by atoms with van der Waals surface area (Å²) in [6.45, 7) is 0. The Morgan fingerprint density at radius 1 is 0.345 bits per heavy atom. The highest BCUT2D eigenvalue weighted by molar-refractivity contribution is 5.49. The standard InChI is InChI=1S/C24H16F2O3/c25-17-9-1-3-11-19(17)27-21-13-5-7-15-23(21)29-24-16-8-6-14-22(24)28-20-12-4-2-10-18(20)26/h1-16H. The summed E-state index contributed by atoms with van der Waals surface area (Å²) in [6, 6.07) is 26.0. The summed E-state index contributed by atoms with van der Waals surface area (Å²) in [4.78, 5) is 0. The summed E-state index contributed by atoms with van der Waals surface area (Å²) in [5, 5.41) is 0. The highest BCUT2D eigenvalue weighted by Gasteiger charge is 2.13. The van der Waals surface area contributed by atoms with E-state index in [0.29, 0.717) is 23.0 Å². The van der Waals surface area contributed by atoms with Gasteiger partial charge in [-0.05, 0) is 48.5 Å². The van der Waals surface area contributed by atoms with E-state index < -0.39 is 11.6 Å². The lowest BCUT2D eigenvalue weighted by molar-refractivity contribution is 0.379. The van der Waals surface area contributed by atoms with Gasteiger partial charge in [-0.2, -0.15) is 0 Å². The van der Waals surface area contributed by atoms with E-state index in [-0.39, 0.29) is 11.5 Å². The van der Waals surface area contributed by atoms with Crippen molar-refractivity contribution in [2.45, 2.75) is 0 Å². The van der Waals surface area contributed by atoms with Crippen LogP contribution < -0.4 is 14.2 Å². The second-order valence-electron chi connectivity index (χ2n) is 6.06. The van der Waals surface area contributed by atoms with Crippen molar-refractivity contribution in [1.82, 2.24) is 0 Å². The van der Waals surface area contributed by atoms with Gasteiger partial charge in [-0.25, -0.2) is 8.78 Å². The number of hydrogen-bond donors (Lipinski definition) is 0. The van der Waals surface area contributed by atoms with Crippen LogP contribution in [-0.4, -0.2) is 0 Å². The minimum atomic E-state index is -0.481. The van der Waals surface area contributed by atoms with Crippen molar-refractivity contribution in [3.8, 4) is 34.5 Å². The maximum Gasteiger partial charge on any atom is 0.170 e. The molecule has 0 heterocycles. The molecule has 0 aliphatic heterocycles. The lowest BCUT2D eigenvalue weighted by Crippen LogP contribution is -1.94. The van der Waals surface area contributed by atoms with Crippen LogP contribution in [0.4, 0.5) is 8.78 Å². The topological polar surface area (TPSA) is 27.7 Å². The lowest BCUT2D eigenvalue weighted by atomic mass is 10.3. The number of ether oxygens (including phenoxy) is 3. The monoisotopic (exact) mass is 390 g/mol. The van der Waals surface area contributed by atoms with E-state index in [4.69, 9.17) is 14.2 Å². The Hall–Kier alpha value is -3.86. The zero-order valence-electron chi connectivity index (χ0n) is 15.2. The fourth-order valence-electron chi connectivity index (χ4n) is 2.65. The molecular weight excluding hydrogens is 374 g/mol. The molecule has 4 aromatic rings. The molecule has 0 atom stereocenters. The number of halogens is 2. The third kappa shape index (κ3) is 4.35. The van der Waals surface area contributed by atoms with E-state index in [1.165, 1.54) is 24.3 Å². The molecule has 29 heavy (non-hydrogen) atoms. The van der Waals surface area contributed by atoms with Crippen molar-refractivity contribution >= 4 is 0 Å². The van der Waals surface area contributed by atoms with Gasteiger partial charge in [0.1, 0.15) is 0 Å². The Morgan fingerprint density at radius 3 is 0.897 bits per heavy atom. The van der Waals surface area contributed by atoms with Gasteiger partial charge in [-0.15, -0.1) is 0 Å². The molecule has 5 heteroatoms. The predicted molar refractivity (Wildman–Crippen MR) is 106 cm³/mol. The van der Waals surface area contributed by atoms with Crippen molar-refractivity contribution < 1.29 is 23.0 Å². The second kappa shape index (κ2) is 8.44. The van der Waals surface area contributed by atoms with Crippen molar-refractivity contribution in [2.75, 3.05) is 0 Å². The molecule has 3 nitrogen and oxygen atoms in total. The minimum absolute atomic E-state index is 0.0828. The third-order valence-electron chi connectivity index (χ3n) is 4.03. The average Bonchev–Trinajstić information content (AvgIpc) is 2.74. The fourth-order valence-corrected chi connectivity index (χ4v) is 2.65. The molecule has 0 saturated heterocycles. The van der Waals surface area contributed by atoms with Crippen LogP contribution in [0.15, 0.2) is 97.1 Å². The maximum absolute atomic E-state index is 14.0. The first-order chi connectivity index (χ1) is 14.2. The van der Waals surface area contributed by atoms with Crippen molar-refractivity contribution in [2.24, 2.45) is 0 Å².